The van der Waals surface area contributed by atoms with E-state index in [0.29, 0.717) is 0 Å². The van der Waals surface area contributed by atoms with E-state index in [1.807, 2.05) is 30.6 Å². The van der Waals surface area contributed by atoms with Crippen molar-refractivity contribution in [1.82, 2.24) is 14.7 Å². The van der Waals surface area contributed by atoms with Gasteiger partial charge in [-0.1, -0.05) is 0 Å². The Morgan fingerprint density at radius 3 is 3.15 bits per heavy atom. The van der Waals surface area contributed by atoms with Crippen molar-refractivity contribution in [2.45, 2.75) is 13.0 Å². The van der Waals surface area contributed by atoms with Crippen LogP contribution in [-0.4, -0.2) is 23.0 Å². The average Bonchev–Trinajstić information content (AvgIpc) is 3.12. The topological polar surface area (TPSA) is 51.7 Å². The normalized spacial score (nSPS) is 11.1. The Morgan fingerprint density at radius 1 is 1.40 bits per heavy atom. The zero-order valence-corrected chi connectivity index (χ0v) is 11.4. The fraction of sp³-hybridized carbons (Fsp3) is 0.267. The third-order valence-electron chi connectivity index (χ3n) is 3.27. The largest absolute Gasteiger partial charge is 0.497 e. The summed E-state index contributed by atoms with van der Waals surface area (Å²) in [5.41, 5.74) is 3.24. The number of nitrogens with zero attached hydrogens (tertiary/aromatic N) is 2. The van der Waals surface area contributed by atoms with Gasteiger partial charge in [-0.05, 0) is 30.7 Å². The molecule has 0 atom stereocenters. The number of furan rings is 1. The lowest BCUT2D eigenvalue weighted by molar-refractivity contribution is 0.414. The molecule has 0 aromatic carbocycles. The molecule has 0 unspecified atom stereocenters. The number of hydrogen-bond acceptors (Lipinski definition) is 4. The van der Waals surface area contributed by atoms with Crippen LogP contribution in [0.1, 0.15) is 11.3 Å². The summed E-state index contributed by atoms with van der Waals surface area (Å²) in [6, 6.07) is 5.85. The predicted molar refractivity (Wildman–Crippen MR) is 75.9 cm³/mol. The lowest BCUT2D eigenvalue weighted by Crippen LogP contribution is -2.17. The van der Waals surface area contributed by atoms with Crippen LogP contribution < -0.4 is 10.1 Å². The molecule has 5 nitrogen and oxygen atoms in total. The molecule has 3 aromatic rings. The van der Waals surface area contributed by atoms with Gasteiger partial charge in [-0.3, -0.25) is 0 Å². The van der Waals surface area contributed by atoms with E-state index < -0.39 is 0 Å². The van der Waals surface area contributed by atoms with Crippen LogP contribution in [0.4, 0.5) is 0 Å². The predicted octanol–water partition coefficient (Wildman–Crippen LogP) is 2.27. The quantitative estimate of drug-likeness (QED) is 0.699. The second kappa shape index (κ2) is 5.79. The van der Waals surface area contributed by atoms with E-state index in [0.717, 1.165) is 36.6 Å². The number of nitrogens with one attached hydrogen (secondary N) is 1. The fourth-order valence-corrected chi connectivity index (χ4v) is 2.16. The first-order chi connectivity index (χ1) is 9.86. The maximum absolute atomic E-state index is 5.19. The molecule has 1 N–H and O–H groups in total. The van der Waals surface area contributed by atoms with Gasteiger partial charge in [0, 0.05) is 18.8 Å². The summed E-state index contributed by atoms with van der Waals surface area (Å²) in [5.74, 6) is 0.822. The highest BCUT2D eigenvalue weighted by atomic mass is 16.5. The first-order valence-corrected chi connectivity index (χ1v) is 6.58. The highest BCUT2D eigenvalue weighted by molar-refractivity contribution is 5.45. The van der Waals surface area contributed by atoms with Gasteiger partial charge in [0.2, 0.25) is 0 Å². The SMILES string of the molecule is COc1ccn2c(CNCCc3ccoc3)cnc2c1. The molecular weight excluding hydrogens is 254 g/mol. The van der Waals surface area contributed by atoms with Crippen LogP contribution in [0.3, 0.4) is 0 Å². The molecule has 0 spiro atoms. The number of hydrogen-bond donors (Lipinski definition) is 1. The number of aromatic nitrogens is 2. The Hall–Kier alpha value is -2.27. The number of imidazole rings is 1. The Balaban J connectivity index is 1.60. The van der Waals surface area contributed by atoms with E-state index in [-0.39, 0.29) is 0 Å². The molecule has 0 aliphatic heterocycles. The summed E-state index contributed by atoms with van der Waals surface area (Å²) in [6.45, 7) is 1.69. The number of pyridine rings is 1. The summed E-state index contributed by atoms with van der Waals surface area (Å²) in [5, 5.41) is 3.41. The summed E-state index contributed by atoms with van der Waals surface area (Å²) in [7, 11) is 1.66. The molecule has 3 aromatic heterocycles. The first-order valence-electron chi connectivity index (χ1n) is 6.58. The number of methoxy groups -OCH3 is 1. The van der Waals surface area contributed by atoms with Gasteiger partial charge in [0.25, 0.3) is 0 Å². The van der Waals surface area contributed by atoms with Crippen molar-refractivity contribution in [3.8, 4) is 5.75 Å². The van der Waals surface area contributed by atoms with Gasteiger partial charge in [0.1, 0.15) is 11.4 Å². The van der Waals surface area contributed by atoms with Crippen LogP contribution in [0.5, 0.6) is 5.75 Å². The third-order valence-corrected chi connectivity index (χ3v) is 3.27. The second-order valence-electron chi connectivity index (χ2n) is 4.60. The first kappa shape index (κ1) is 12.7. The number of rotatable bonds is 6. The highest BCUT2D eigenvalue weighted by Gasteiger charge is 2.04. The van der Waals surface area contributed by atoms with Crippen molar-refractivity contribution in [2.24, 2.45) is 0 Å². The Morgan fingerprint density at radius 2 is 2.35 bits per heavy atom. The van der Waals surface area contributed by atoms with E-state index in [1.165, 1.54) is 5.56 Å². The summed E-state index contributed by atoms with van der Waals surface area (Å²) in [4.78, 5) is 4.38. The van der Waals surface area contributed by atoms with Gasteiger partial charge in [0.15, 0.2) is 0 Å². The Bertz CT molecular complexity index is 674. The van der Waals surface area contributed by atoms with Gasteiger partial charge in [-0.25, -0.2) is 4.98 Å². The van der Waals surface area contributed by atoms with Gasteiger partial charge >= 0.3 is 0 Å². The number of ether oxygens (including phenoxy) is 1. The van der Waals surface area contributed by atoms with Crippen molar-refractivity contribution < 1.29 is 9.15 Å². The molecule has 20 heavy (non-hydrogen) atoms. The molecule has 0 amide bonds. The zero-order valence-electron chi connectivity index (χ0n) is 11.4. The van der Waals surface area contributed by atoms with Crippen molar-refractivity contribution in [3.05, 3.63) is 54.4 Å². The lowest BCUT2D eigenvalue weighted by atomic mass is 10.2. The standard InChI is InChI=1S/C15H17N3O2/c1-19-14-3-6-18-13(10-17-15(18)8-14)9-16-5-2-12-4-7-20-11-12/h3-4,6-8,10-11,16H,2,5,9H2,1H3. The van der Waals surface area contributed by atoms with E-state index in [4.69, 9.17) is 9.15 Å². The molecule has 0 fully saturated rings. The molecule has 5 heteroatoms. The summed E-state index contributed by atoms with van der Waals surface area (Å²) in [6.07, 6.45) is 8.31. The maximum Gasteiger partial charge on any atom is 0.140 e. The van der Waals surface area contributed by atoms with Gasteiger partial charge in [0.05, 0.1) is 31.5 Å². The van der Waals surface area contributed by atoms with Crippen molar-refractivity contribution in [2.75, 3.05) is 13.7 Å². The molecule has 0 aliphatic carbocycles. The monoisotopic (exact) mass is 271 g/mol. The van der Waals surface area contributed by atoms with Gasteiger partial charge in [-0.2, -0.15) is 0 Å². The minimum Gasteiger partial charge on any atom is -0.497 e. The minimum absolute atomic E-state index is 0.783. The molecule has 0 saturated carbocycles. The van der Waals surface area contributed by atoms with Crippen molar-refractivity contribution in [1.29, 1.82) is 0 Å². The number of fused-ring (bicyclic) bond motifs is 1. The van der Waals surface area contributed by atoms with Crippen LogP contribution in [0.15, 0.2) is 47.5 Å². The van der Waals surface area contributed by atoms with Crippen LogP contribution in [-0.2, 0) is 13.0 Å². The van der Waals surface area contributed by atoms with Crippen LogP contribution in [0.2, 0.25) is 0 Å². The smallest absolute Gasteiger partial charge is 0.140 e. The van der Waals surface area contributed by atoms with E-state index >= 15 is 0 Å². The Kier molecular flexibility index (Phi) is 3.69. The molecule has 0 bridgehead atoms. The van der Waals surface area contributed by atoms with Crippen LogP contribution >= 0.6 is 0 Å². The molecular formula is C15H17N3O2. The Labute approximate surface area is 117 Å². The zero-order chi connectivity index (χ0) is 13.8. The second-order valence-corrected chi connectivity index (χ2v) is 4.60. The molecule has 3 rings (SSSR count). The summed E-state index contributed by atoms with van der Waals surface area (Å²) < 4.78 is 12.3. The molecule has 0 aliphatic rings. The molecule has 0 saturated heterocycles. The van der Waals surface area contributed by atoms with Crippen molar-refractivity contribution >= 4 is 5.65 Å². The fourth-order valence-electron chi connectivity index (χ4n) is 2.16. The van der Waals surface area contributed by atoms with E-state index in [2.05, 4.69) is 14.7 Å². The van der Waals surface area contributed by atoms with Gasteiger partial charge in [-0.15, -0.1) is 0 Å². The van der Waals surface area contributed by atoms with Gasteiger partial charge < -0.3 is 18.9 Å². The molecule has 0 radical (unpaired) electrons. The average molecular weight is 271 g/mol. The highest BCUT2D eigenvalue weighted by Crippen LogP contribution is 2.14. The van der Waals surface area contributed by atoms with E-state index in [1.54, 1.807) is 19.6 Å². The molecule has 3 heterocycles. The maximum atomic E-state index is 5.19. The van der Waals surface area contributed by atoms with Crippen LogP contribution in [0.25, 0.3) is 5.65 Å². The summed E-state index contributed by atoms with van der Waals surface area (Å²) >= 11 is 0. The van der Waals surface area contributed by atoms with Crippen LogP contribution in [0, 0.1) is 0 Å². The van der Waals surface area contributed by atoms with E-state index in [9.17, 15) is 0 Å². The third kappa shape index (κ3) is 2.67. The lowest BCUT2D eigenvalue weighted by Gasteiger charge is -2.05. The van der Waals surface area contributed by atoms with Crippen molar-refractivity contribution in [3.63, 3.8) is 0 Å². The molecule has 104 valence electrons. The minimum atomic E-state index is 0.783.